The number of anilines is 1. The van der Waals surface area contributed by atoms with Gasteiger partial charge in [0.2, 0.25) is 5.91 Å². The smallest absolute Gasteiger partial charge is 0.236 e. The van der Waals surface area contributed by atoms with E-state index >= 15 is 0 Å². The second kappa shape index (κ2) is 10.5. The first-order chi connectivity index (χ1) is 16.3. The average Bonchev–Trinajstić information content (AvgIpc) is 3.41. The van der Waals surface area contributed by atoms with Crippen LogP contribution >= 0.6 is 34.7 Å². The van der Waals surface area contributed by atoms with Crippen LogP contribution in [0.1, 0.15) is 18.9 Å². The number of thioether (sulfide) groups is 1. The lowest BCUT2D eigenvalue weighted by atomic mass is 10.2. The molecule has 0 bridgehead atoms. The number of benzene rings is 2. The van der Waals surface area contributed by atoms with Gasteiger partial charge in [-0.05, 0) is 31.2 Å². The molecule has 1 atom stereocenters. The van der Waals surface area contributed by atoms with Gasteiger partial charge in [0.1, 0.15) is 5.82 Å². The van der Waals surface area contributed by atoms with E-state index in [1.54, 1.807) is 30.7 Å². The van der Waals surface area contributed by atoms with Crippen molar-refractivity contribution in [3.63, 3.8) is 0 Å². The molecule has 0 aliphatic carbocycles. The summed E-state index contributed by atoms with van der Waals surface area (Å²) in [4.78, 5) is 16.8. The van der Waals surface area contributed by atoms with E-state index in [2.05, 4.69) is 20.5 Å². The first-order valence-electron chi connectivity index (χ1n) is 9.95. The zero-order valence-corrected chi connectivity index (χ0v) is 20.3. The summed E-state index contributed by atoms with van der Waals surface area (Å²) in [6, 6.07) is 10.4. The zero-order valence-electron chi connectivity index (χ0n) is 18.0. The number of thiazole rings is 1. The molecule has 0 saturated carbocycles. The molecule has 4 aromatic rings. The van der Waals surface area contributed by atoms with Crippen LogP contribution in [0.2, 0.25) is 5.02 Å². The average molecular weight is 522 g/mol. The van der Waals surface area contributed by atoms with E-state index in [9.17, 15) is 13.6 Å². The van der Waals surface area contributed by atoms with Crippen LogP contribution in [-0.2, 0) is 11.8 Å². The molecule has 7 nitrogen and oxygen atoms in total. The highest BCUT2D eigenvalue weighted by Crippen LogP contribution is 2.28. The predicted molar refractivity (Wildman–Crippen MR) is 128 cm³/mol. The van der Waals surface area contributed by atoms with E-state index < -0.39 is 17.7 Å². The van der Waals surface area contributed by atoms with Crippen molar-refractivity contribution < 1.29 is 18.3 Å². The Morgan fingerprint density at radius 1 is 1.24 bits per heavy atom. The minimum absolute atomic E-state index is 0.0870. The second-order valence-corrected chi connectivity index (χ2v) is 9.35. The third-order valence-electron chi connectivity index (χ3n) is 4.65. The van der Waals surface area contributed by atoms with Crippen LogP contribution in [-0.4, -0.2) is 31.4 Å². The third kappa shape index (κ3) is 5.72. The Hall–Kier alpha value is -3.02. The summed E-state index contributed by atoms with van der Waals surface area (Å²) in [7, 11) is 1.72. The Morgan fingerprint density at radius 3 is 2.74 bits per heavy atom. The number of carbonyl (C=O) groups is 1. The van der Waals surface area contributed by atoms with Gasteiger partial charge in [-0.15, -0.1) is 21.5 Å². The Labute approximate surface area is 207 Å². The maximum absolute atomic E-state index is 13.9. The fourth-order valence-electron chi connectivity index (χ4n) is 2.99. The molecule has 1 N–H and O–H groups in total. The quantitative estimate of drug-likeness (QED) is 0.298. The molecule has 2 aromatic heterocycles. The Balaban J connectivity index is 1.33. The largest absolute Gasteiger partial charge is 0.480 e. The predicted octanol–water partition coefficient (Wildman–Crippen LogP) is 5.74. The van der Waals surface area contributed by atoms with Gasteiger partial charge in [0.25, 0.3) is 0 Å². The van der Waals surface area contributed by atoms with Crippen LogP contribution in [0.4, 0.5) is 13.9 Å². The van der Waals surface area contributed by atoms with Gasteiger partial charge in [-0.1, -0.05) is 35.5 Å². The van der Waals surface area contributed by atoms with E-state index in [-0.39, 0.29) is 17.4 Å². The number of amides is 1. The summed E-state index contributed by atoms with van der Waals surface area (Å²) in [5.41, 5.74) is 1.65. The fraction of sp³-hybridized carbons (Fsp3) is 0.182. The fourth-order valence-corrected chi connectivity index (χ4v) is 4.57. The van der Waals surface area contributed by atoms with E-state index in [4.69, 9.17) is 16.3 Å². The van der Waals surface area contributed by atoms with Gasteiger partial charge in [0.05, 0.1) is 11.4 Å². The van der Waals surface area contributed by atoms with Gasteiger partial charge in [-0.3, -0.25) is 4.79 Å². The van der Waals surface area contributed by atoms with Crippen molar-refractivity contribution in [2.45, 2.75) is 18.2 Å². The number of ether oxygens (including phenoxy) is 1. The van der Waals surface area contributed by atoms with Gasteiger partial charge in [0, 0.05) is 29.1 Å². The van der Waals surface area contributed by atoms with Crippen LogP contribution < -0.4 is 10.1 Å². The lowest BCUT2D eigenvalue weighted by Crippen LogP contribution is -2.14. The maximum atomic E-state index is 13.9. The molecule has 34 heavy (non-hydrogen) atoms. The molecule has 1 unspecified atom stereocenters. The standard InChI is InChI=1S/C22H18ClF2N5O2S2/c1-12(32-18-8-7-15(24)9-16(18)25)20-28-29-22(30(20)2)34-11-19(31)27-21-26-17(10-33-21)13-3-5-14(23)6-4-13/h3-10,12H,11H2,1-2H3,(H,26,27,31). The molecule has 0 fully saturated rings. The van der Waals surface area contributed by atoms with E-state index in [0.717, 1.165) is 23.4 Å². The van der Waals surface area contributed by atoms with Crippen LogP contribution in [0, 0.1) is 11.6 Å². The Kier molecular flexibility index (Phi) is 7.44. The Morgan fingerprint density at radius 2 is 2.00 bits per heavy atom. The highest BCUT2D eigenvalue weighted by atomic mass is 35.5. The molecule has 0 radical (unpaired) electrons. The van der Waals surface area contributed by atoms with Crippen molar-refractivity contribution in [1.29, 1.82) is 0 Å². The number of hydrogen-bond donors (Lipinski definition) is 1. The Bertz CT molecular complexity index is 1310. The molecule has 0 aliphatic heterocycles. The summed E-state index contributed by atoms with van der Waals surface area (Å²) < 4.78 is 34.2. The molecule has 1 amide bonds. The SMILES string of the molecule is CC(Oc1ccc(F)cc1F)c1nnc(SCC(=O)Nc2nc(-c3ccc(Cl)cc3)cs2)n1C. The molecule has 176 valence electrons. The number of nitrogens with one attached hydrogen (secondary N) is 1. The minimum atomic E-state index is -0.804. The number of aromatic nitrogens is 4. The normalized spacial score (nSPS) is 11.9. The van der Waals surface area contributed by atoms with Crippen molar-refractivity contribution >= 4 is 45.7 Å². The van der Waals surface area contributed by atoms with E-state index in [1.807, 2.05) is 17.5 Å². The number of hydrogen-bond acceptors (Lipinski definition) is 7. The van der Waals surface area contributed by atoms with Crippen molar-refractivity contribution in [2.75, 3.05) is 11.1 Å². The molecular weight excluding hydrogens is 504 g/mol. The summed E-state index contributed by atoms with van der Waals surface area (Å²) >= 11 is 8.43. The van der Waals surface area contributed by atoms with Crippen LogP contribution in [0.25, 0.3) is 11.3 Å². The van der Waals surface area contributed by atoms with E-state index in [1.165, 1.54) is 29.2 Å². The van der Waals surface area contributed by atoms with Crippen LogP contribution in [0.5, 0.6) is 5.75 Å². The van der Waals surface area contributed by atoms with Crippen molar-refractivity contribution in [2.24, 2.45) is 7.05 Å². The van der Waals surface area contributed by atoms with Crippen LogP contribution in [0.3, 0.4) is 0 Å². The first kappa shape index (κ1) is 24.1. The molecule has 12 heteroatoms. The molecular formula is C22H18ClF2N5O2S2. The third-order valence-corrected chi connectivity index (χ3v) is 6.68. The molecule has 0 aliphatic rings. The summed E-state index contributed by atoms with van der Waals surface area (Å²) in [5, 5.41) is 14.4. The van der Waals surface area contributed by atoms with Crippen LogP contribution in [0.15, 0.2) is 53.0 Å². The topological polar surface area (TPSA) is 81.9 Å². The van der Waals surface area contributed by atoms with E-state index in [0.29, 0.717) is 21.1 Å². The first-order valence-corrected chi connectivity index (χ1v) is 12.2. The minimum Gasteiger partial charge on any atom is -0.480 e. The van der Waals surface area contributed by atoms with Crippen molar-refractivity contribution in [1.82, 2.24) is 19.7 Å². The lowest BCUT2D eigenvalue weighted by molar-refractivity contribution is -0.113. The monoisotopic (exact) mass is 521 g/mol. The van der Waals surface area contributed by atoms with Crippen molar-refractivity contribution in [3.8, 4) is 17.0 Å². The number of nitrogens with zero attached hydrogens (tertiary/aromatic N) is 4. The number of halogens is 3. The zero-order chi connectivity index (χ0) is 24.2. The molecule has 2 heterocycles. The lowest BCUT2D eigenvalue weighted by Gasteiger charge is -2.14. The highest BCUT2D eigenvalue weighted by Gasteiger charge is 2.20. The highest BCUT2D eigenvalue weighted by molar-refractivity contribution is 7.99. The second-order valence-electron chi connectivity index (χ2n) is 7.12. The van der Waals surface area contributed by atoms with Gasteiger partial charge in [0.15, 0.2) is 33.8 Å². The molecule has 0 spiro atoms. The maximum Gasteiger partial charge on any atom is 0.236 e. The number of rotatable bonds is 8. The number of carbonyl (C=O) groups excluding carboxylic acids is 1. The van der Waals surface area contributed by atoms with Gasteiger partial charge < -0.3 is 14.6 Å². The molecule has 2 aromatic carbocycles. The van der Waals surface area contributed by atoms with Gasteiger partial charge in [-0.25, -0.2) is 13.8 Å². The summed E-state index contributed by atoms with van der Waals surface area (Å²) in [6.07, 6.45) is -0.651. The van der Waals surface area contributed by atoms with Gasteiger partial charge in [-0.2, -0.15) is 0 Å². The summed E-state index contributed by atoms with van der Waals surface area (Å²) in [5.74, 6) is -1.31. The molecule has 4 rings (SSSR count). The van der Waals surface area contributed by atoms with Crippen molar-refractivity contribution in [3.05, 3.63) is 70.3 Å². The van der Waals surface area contributed by atoms with Gasteiger partial charge >= 0.3 is 0 Å². The molecule has 0 saturated heterocycles. The summed E-state index contributed by atoms with van der Waals surface area (Å²) in [6.45, 7) is 1.68.